The third kappa shape index (κ3) is 3.08. The van der Waals surface area contributed by atoms with Crippen LogP contribution < -0.4 is 10.9 Å². The zero-order valence-corrected chi connectivity index (χ0v) is 19.6. The lowest BCUT2D eigenvalue weighted by Crippen LogP contribution is -2.62. The molecule has 0 aromatic carbocycles. The highest BCUT2D eigenvalue weighted by Crippen LogP contribution is 2.70. The standard InChI is InChI=1S/C26H37NO5/c1-24-11-8-18(32-23(29)27-3)14-17(24)5-6-21-20(24)9-12-25(2)19(10-13-26(21,25)30)16-4-7-22(28)31-15-16/h4,7,15,17-21,30H,5-6,8-14H2,1-3H3,(H,27,29)/t17-,18+,19-,20+,21-,24+,25-,26+/m1/s1. The summed E-state index contributed by atoms with van der Waals surface area (Å²) in [6.07, 6.45) is 10.2. The maximum atomic E-state index is 12.3. The summed E-state index contributed by atoms with van der Waals surface area (Å²) < 4.78 is 10.8. The summed E-state index contributed by atoms with van der Waals surface area (Å²) in [4.78, 5) is 23.2. The molecule has 1 aromatic heterocycles. The summed E-state index contributed by atoms with van der Waals surface area (Å²) in [6.45, 7) is 4.71. The number of hydrogen-bond donors (Lipinski definition) is 2. The minimum atomic E-state index is -0.680. The number of hydrogen-bond acceptors (Lipinski definition) is 5. The van der Waals surface area contributed by atoms with Gasteiger partial charge >= 0.3 is 11.7 Å². The molecule has 0 radical (unpaired) electrons. The molecule has 1 aromatic rings. The lowest BCUT2D eigenvalue weighted by Gasteiger charge is -2.63. The molecule has 4 fully saturated rings. The Kier molecular flexibility index (Phi) is 5.23. The van der Waals surface area contributed by atoms with Crippen LogP contribution in [0.5, 0.6) is 0 Å². The number of carbonyl (C=O) groups excluding carboxylic acids is 1. The van der Waals surface area contributed by atoms with Crippen LogP contribution in [-0.4, -0.2) is 30.0 Å². The van der Waals surface area contributed by atoms with E-state index in [4.69, 9.17) is 9.15 Å². The summed E-state index contributed by atoms with van der Waals surface area (Å²) in [6, 6.07) is 3.40. The number of amides is 1. The van der Waals surface area contributed by atoms with Crippen molar-refractivity contribution in [3.63, 3.8) is 0 Å². The highest BCUT2D eigenvalue weighted by atomic mass is 16.6. The van der Waals surface area contributed by atoms with E-state index >= 15 is 0 Å². The largest absolute Gasteiger partial charge is 0.446 e. The Morgan fingerprint density at radius 3 is 2.62 bits per heavy atom. The second kappa shape index (κ2) is 7.61. The molecule has 6 nitrogen and oxygen atoms in total. The smallest absolute Gasteiger partial charge is 0.407 e. The number of aliphatic hydroxyl groups is 1. The van der Waals surface area contributed by atoms with Crippen molar-refractivity contribution < 1.29 is 19.1 Å². The van der Waals surface area contributed by atoms with E-state index in [0.29, 0.717) is 17.8 Å². The van der Waals surface area contributed by atoms with E-state index in [2.05, 4.69) is 19.2 Å². The van der Waals surface area contributed by atoms with Gasteiger partial charge < -0.3 is 19.6 Å². The van der Waals surface area contributed by atoms with Gasteiger partial charge in [0.05, 0.1) is 11.9 Å². The first-order chi connectivity index (χ1) is 15.2. The highest BCUT2D eigenvalue weighted by Gasteiger charge is 2.67. The average Bonchev–Trinajstić information content (AvgIpc) is 3.06. The summed E-state index contributed by atoms with van der Waals surface area (Å²) in [5, 5.41) is 14.9. The summed E-state index contributed by atoms with van der Waals surface area (Å²) in [5.41, 5.74) is 0.0447. The van der Waals surface area contributed by atoms with Crippen LogP contribution in [0.3, 0.4) is 0 Å². The van der Waals surface area contributed by atoms with E-state index in [0.717, 1.165) is 63.4 Å². The predicted octanol–water partition coefficient (Wildman–Crippen LogP) is 4.61. The Hall–Kier alpha value is -1.82. The molecule has 8 atom stereocenters. The van der Waals surface area contributed by atoms with Gasteiger partial charge in [-0.05, 0) is 98.5 Å². The molecule has 4 saturated carbocycles. The number of ether oxygens (including phenoxy) is 1. The summed E-state index contributed by atoms with van der Waals surface area (Å²) in [5.74, 6) is 1.58. The van der Waals surface area contributed by atoms with Crippen LogP contribution in [0.2, 0.25) is 0 Å². The van der Waals surface area contributed by atoms with Gasteiger partial charge in [0.2, 0.25) is 0 Å². The molecule has 0 aliphatic heterocycles. The first-order valence-electron chi connectivity index (χ1n) is 12.4. The first-order valence-corrected chi connectivity index (χ1v) is 12.4. The van der Waals surface area contributed by atoms with Gasteiger partial charge in [0.25, 0.3) is 0 Å². The van der Waals surface area contributed by atoms with Crippen molar-refractivity contribution in [1.82, 2.24) is 5.32 Å². The monoisotopic (exact) mass is 443 g/mol. The molecule has 2 N–H and O–H groups in total. The third-order valence-electron chi connectivity index (χ3n) is 10.4. The molecule has 1 heterocycles. The normalized spacial score (nSPS) is 45.3. The van der Waals surface area contributed by atoms with Gasteiger partial charge in [-0.25, -0.2) is 9.59 Å². The van der Waals surface area contributed by atoms with Crippen LogP contribution in [-0.2, 0) is 4.74 Å². The van der Waals surface area contributed by atoms with Gasteiger partial charge in [-0.3, -0.25) is 0 Å². The molecule has 0 saturated heterocycles. The van der Waals surface area contributed by atoms with Gasteiger partial charge in [0, 0.05) is 18.5 Å². The Balaban J connectivity index is 1.39. The van der Waals surface area contributed by atoms with Crippen molar-refractivity contribution in [1.29, 1.82) is 0 Å². The van der Waals surface area contributed by atoms with E-state index in [9.17, 15) is 14.7 Å². The van der Waals surface area contributed by atoms with Crippen molar-refractivity contribution in [3.05, 3.63) is 34.4 Å². The Morgan fingerprint density at radius 2 is 1.91 bits per heavy atom. The van der Waals surface area contributed by atoms with E-state index in [1.54, 1.807) is 13.3 Å². The van der Waals surface area contributed by atoms with E-state index in [-0.39, 0.29) is 34.6 Å². The molecule has 0 unspecified atom stereocenters. The number of rotatable bonds is 2. The zero-order valence-electron chi connectivity index (χ0n) is 19.6. The van der Waals surface area contributed by atoms with E-state index < -0.39 is 5.60 Å². The fraction of sp³-hybridized carbons (Fsp3) is 0.769. The van der Waals surface area contributed by atoms with Crippen molar-refractivity contribution >= 4 is 6.09 Å². The topological polar surface area (TPSA) is 88.8 Å². The van der Waals surface area contributed by atoms with Crippen LogP contribution in [0.4, 0.5) is 4.79 Å². The Bertz CT molecular complexity index is 924. The van der Waals surface area contributed by atoms with Gasteiger partial charge in [-0.15, -0.1) is 0 Å². The second-order valence-electron chi connectivity index (χ2n) is 11.4. The molecule has 32 heavy (non-hydrogen) atoms. The van der Waals surface area contributed by atoms with E-state index in [1.165, 1.54) is 6.07 Å². The molecule has 4 aliphatic carbocycles. The first kappa shape index (κ1) is 22.0. The minimum Gasteiger partial charge on any atom is -0.446 e. The van der Waals surface area contributed by atoms with Crippen LogP contribution in [0.1, 0.15) is 83.1 Å². The van der Waals surface area contributed by atoms with Gasteiger partial charge in [-0.2, -0.15) is 0 Å². The lowest BCUT2D eigenvalue weighted by molar-refractivity contribution is -0.205. The van der Waals surface area contributed by atoms with Gasteiger partial charge in [0.15, 0.2) is 0 Å². The average molecular weight is 444 g/mol. The quantitative estimate of drug-likeness (QED) is 0.697. The van der Waals surface area contributed by atoms with Crippen LogP contribution in [0.15, 0.2) is 27.6 Å². The predicted molar refractivity (Wildman–Crippen MR) is 120 cm³/mol. The van der Waals surface area contributed by atoms with Crippen molar-refractivity contribution in [2.24, 2.45) is 28.6 Å². The highest BCUT2D eigenvalue weighted by molar-refractivity contribution is 5.66. The maximum absolute atomic E-state index is 12.3. The molecular formula is C26H37NO5. The van der Waals surface area contributed by atoms with Crippen LogP contribution in [0.25, 0.3) is 0 Å². The number of nitrogens with one attached hydrogen (secondary N) is 1. The second-order valence-corrected chi connectivity index (χ2v) is 11.4. The van der Waals surface area contributed by atoms with Crippen LogP contribution >= 0.6 is 0 Å². The Morgan fingerprint density at radius 1 is 1.09 bits per heavy atom. The summed E-state index contributed by atoms with van der Waals surface area (Å²) in [7, 11) is 1.61. The fourth-order valence-electron chi connectivity index (χ4n) is 8.60. The lowest BCUT2D eigenvalue weighted by atomic mass is 9.43. The van der Waals surface area contributed by atoms with Gasteiger partial charge in [-0.1, -0.05) is 13.8 Å². The van der Waals surface area contributed by atoms with Crippen LogP contribution in [0, 0.1) is 28.6 Å². The number of fused-ring (bicyclic) bond motifs is 5. The maximum Gasteiger partial charge on any atom is 0.407 e. The molecule has 1 amide bonds. The Labute approximate surface area is 190 Å². The fourth-order valence-corrected chi connectivity index (χ4v) is 8.60. The molecule has 0 bridgehead atoms. The SMILES string of the molecule is CNC(=O)O[C@H]1CC[C@@]2(C)[C@H](CC[C@@H]3[C@@H]2CC[C@]2(C)[C@@H](c4ccc(=O)oc4)CC[C@]32O)C1. The minimum absolute atomic E-state index is 0.00474. The number of alkyl carbamates (subject to hydrolysis) is 1. The zero-order chi connectivity index (χ0) is 22.7. The number of carbonyl (C=O) groups is 1. The third-order valence-corrected chi connectivity index (χ3v) is 10.4. The van der Waals surface area contributed by atoms with Gasteiger partial charge in [0.1, 0.15) is 6.10 Å². The molecule has 5 rings (SSSR count). The molecule has 176 valence electrons. The van der Waals surface area contributed by atoms with Crippen molar-refractivity contribution in [3.8, 4) is 0 Å². The van der Waals surface area contributed by atoms with Crippen molar-refractivity contribution in [2.45, 2.75) is 89.3 Å². The molecular weight excluding hydrogens is 406 g/mol. The van der Waals surface area contributed by atoms with E-state index in [1.807, 2.05) is 6.07 Å². The molecule has 6 heteroatoms. The van der Waals surface area contributed by atoms with Crippen molar-refractivity contribution in [2.75, 3.05) is 7.05 Å². The summed E-state index contributed by atoms with van der Waals surface area (Å²) >= 11 is 0. The molecule has 0 spiro atoms. The molecule has 4 aliphatic rings.